The van der Waals surface area contributed by atoms with Crippen LogP contribution in [0.4, 0.5) is 4.39 Å². The van der Waals surface area contributed by atoms with E-state index in [0.29, 0.717) is 23.5 Å². The lowest BCUT2D eigenvalue weighted by molar-refractivity contribution is 0.0702. The van der Waals surface area contributed by atoms with Gasteiger partial charge in [0.25, 0.3) is 11.5 Å². The average Bonchev–Trinajstić information content (AvgIpc) is 3.16. The number of H-pyrrole nitrogens is 1. The summed E-state index contributed by atoms with van der Waals surface area (Å²) in [4.78, 5) is 27.0. The van der Waals surface area contributed by atoms with Gasteiger partial charge in [-0.05, 0) is 69.2 Å². The van der Waals surface area contributed by atoms with Gasteiger partial charge in [0.2, 0.25) is 0 Å². The summed E-state index contributed by atoms with van der Waals surface area (Å²) in [6, 6.07) is 8.33. The molecule has 0 bridgehead atoms. The second kappa shape index (κ2) is 8.54. The number of likely N-dealkylation sites (tertiary alicyclic amines) is 1. The number of amides is 1. The zero-order chi connectivity index (χ0) is 22.1. The molecule has 162 valence electrons. The summed E-state index contributed by atoms with van der Waals surface area (Å²) in [6.45, 7) is 5.24. The molecule has 1 aromatic carbocycles. The Morgan fingerprint density at radius 2 is 1.84 bits per heavy atom. The third-order valence-corrected chi connectivity index (χ3v) is 5.77. The van der Waals surface area contributed by atoms with Crippen molar-refractivity contribution in [1.29, 1.82) is 0 Å². The number of halogens is 1. The molecule has 2 aromatic heterocycles. The predicted molar refractivity (Wildman–Crippen MR) is 115 cm³/mol. The molecule has 31 heavy (non-hydrogen) atoms. The summed E-state index contributed by atoms with van der Waals surface area (Å²) in [5.41, 5.74) is 0.182. The normalized spacial score (nSPS) is 14.9. The number of hydrogen-bond acceptors (Lipinski definition) is 5. The van der Waals surface area contributed by atoms with E-state index in [1.807, 2.05) is 4.57 Å². The molecular weight excluding hydrogens is 419 g/mol. The number of piperidine rings is 1. The van der Waals surface area contributed by atoms with Crippen molar-refractivity contribution in [2.75, 3.05) is 13.1 Å². The molecule has 1 aliphatic heterocycles. The summed E-state index contributed by atoms with van der Waals surface area (Å²) >= 11 is 5.34. The number of hydrogen-bond donors (Lipinski definition) is 1. The highest BCUT2D eigenvalue weighted by Gasteiger charge is 2.29. The number of rotatable bonds is 4. The molecule has 0 atom stereocenters. The van der Waals surface area contributed by atoms with Gasteiger partial charge in [-0.25, -0.2) is 4.39 Å². The van der Waals surface area contributed by atoms with Gasteiger partial charge in [-0.2, -0.15) is 14.9 Å². The summed E-state index contributed by atoms with van der Waals surface area (Å²) in [5, 5.41) is 11.5. The number of carbonyl (C=O) groups excluding carboxylic acids is 1. The number of aromatic nitrogens is 5. The number of nitrogens with zero attached hydrogens (tertiary/aromatic N) is 5. The van der Waals surface area contributed by atoms with Crippen LogP contribution in [0.25, 0.3) is 5.69 Å². The highest BCUT2D eigenvalue weighted by Crippen LogP contribution is 2.29. The molecule has 0 unspecified atom stereocenters. The zero-order valence-corrected chi connectivity index (χ0v) is 18.1. The van der Waals surface area contributed by atoms with Gasteiger partial charge in [-0.15, -0.1) is 0 Å². The molecule has 0 aliphatic carbocycles. The quantitative estimate of drug-likeness (QED) is 0.627. The highest BCUT2D eigenvalue weighted by molar-refractivity contribution is 7.71. The Bertz CT molecular complexity index is 1210. The van der Waals surface area contributed by atoms with Crippen molar-refractivity contribution in [3.8, 4) is 5.69 Å². The second-order valence-electron chi connectivity index (χ2n) is 7.86. The SMILES string of the molecule is CC(C)n1c(C2CCN(C(=O)c3ccc(=O)n(-c4ccc(F)cc4)n3)CC2)n[nH]c1=S. The molecule has 1 N–H and O–H groups in total. The summed E-state index contributed by atoms with van der Waals surface area (Å²) in [5.74, 6) is 0.485. The molecule has 1 amide bonds. The van der Waals surface area contributed by atoms with Crippen LogP contribution in [0, 0.1) is 10.6 Å². The third-order valence-electron chi connectivity index (χ3n) is 5.49. The van der Waals surface area contributed by atoms with Crippen LogP contribution >= 0.6 is 12.2 Å². The number of aromatic amines is 1. The van der Waals surface area contributed by atoms with Crippen molar-refractivity contribution in [3.63, 3.8) is 0 Å². The molecule has 0 spiro atoms. The fourth-order valence-corrected chi connectivity index (χ4v) is 4.25. The molecule has 3 heterocycles. The molecule has 3 aromatic rings. The molecule has 0 radical (unpaired) electrons. The van der Waals surface area contributed by atoms with E-state index in [1.165, 1.54) is 36.4 Å². The average molecular weight is 443 g/mol. The number of carbonyl (C=O) groups is 1. The molecule has 10 heteroatoms. The Morgan fingerprint density at radius 3 is 2.48 bits per heavy atom. The van der Waals surface area contributed by atoms with Crippen molar-refractivity contribution in [1.82, 2.24) is 29.4 Å². The van der Waals surface area contributed by atoms with Gasteiger partial charge in [-0.1, -0.05) is 0 Å². The lowest BCUT2D eigenvalue weighted by Crippen LogP contribution is -2.39. The van der Waals surface area contributed by atoms with Gasteiger partial charge in [0.1, 0.15) is 17.3 Å². The van der Waals surface area contributed by atoms with Gasteiger partial charge >= 0.3 is 0 Å². The lowest BCUT2D eigenvalue weighted by Gasteiger charge is -2.31. The van der Waals surface area contributed by atoms with Crippen LogP contribution in [-0.2, 0) is 0 Å². The van der Waals surface area contributed by atoms with Gasteiger partial charge < -0.3 is 9.47 Å². The Morgan fingerprint density at radius 1 is 1.16 bits per heavy atom. The van der Waals surface area contributed by atoms with Crippen molar-refractivity contribution in [2.24, 2.45) is 0 Å². The fourth-order valence-electron chi connectivity index (χ4n) is 3.90. The van der Waals surface area contributed by atoms with Crippen LogP contribution in [-0.4, -0.2) is 48.4 Å². The maximum atomic E-state index is 13.2. The number of nitrogens with one attached hydrogen (secondary N) is 1. The maximum absolute atomic E-state index is 13.2. The van der Waals surface area contributed by atoms with Crippen LogP contribution in [0.3, 0.4) is 0 Å². The Labute approximate surface area is 183 Å². The van der Waals surface area contributed by atoms with E-state index >= 15 is 0 Å². The van der Waals surface area contributed by atoms with E-state index < -0.39 is 11.4 Å². The van der Waals surface area contributed by atoms with Crippen LogP contribution in [0.15, 0.2) is 41.2 Å². The standard InChI is InChI=1S/C21H23FN6O2S/c1-13(2)27-19(23-24-21(27)31)14-9-11-26(12-10-14)20(30)17-7-8-18(29)28(25-17)16-5-3-15(22)4-6-16/h3-8,13-14H,9-12H2,1-2H3,(H,24,31). The van der Waals surface area contributed by atoms with Crippen LogP contribution in [0.5, 0.6) is 0 Å². The first-order valence-electron chi connectivity index (χ1n) is 10.2. The zero-order valence-electron chi connectivity index (χ0n) is 17.3. The van der Waals surface area contributed by atoms with Crippen LogP contribution < -0.4 is 5.56 Å². The van der Waals surface area contributed by atoms with E-state index in [4.69, 9.17) is 12.2 Å². The molecular formula is C21H23FN6O2S. The number of benzene rings is 1. The second-order valence-corrected chi connectivity index (χ2v) is 8.25. The smallest absolute Gasteiger partial charge is 0.274 e. The van der Waals surface area contributed by atoms with E-state index in [0.717, 1.165) is 23.3 Å². The van der Waals surface area contributed by atoms with Crippen molar-refractivity contribution in [2.45, 2.75) is 38.6 Å². The van der Waals surface area contributed by atoms with E-state index in [-0.39, 0.29) is 23.6 Å². The predicted octanol–water partition coefficient (Wildman–Crippen LogP) is 3.23. The fraction of sp³-hybridized carbons (Fsp3) is 0.381. The topological polar surface area (TPSA) is 88.8 Å². The third kappa shape index (κ3) is 4.20. The van der Waals surface area contributed by atoms with Crippen molar-refractivity contribution in [3.05, 3.63) is 68.9 Å². The molecule has 1 aliphatic rings. The Kier molecular flexibility index (Phi) is 5.81. The first-order valence-corrected chi connectivity index (χ1v) is 10.6. The van der Waals surface area contributed by atoms with E-state index in [2.05, 4.69) is 29.1 Å². The molecule has 1 saturated heterocycles. The minimum atomic E-state index is -0.411. The molecule has 1 fully saturated rings. The molecule has 8 nitrogen and oxygen atoms in total. The largest absolute Gasteiger partial charge is 0.337 e. The first-order chi connectivity index (χ1) is 14.8. The van der Waals surface area contributed by atoms with E-state index in [9.17, 15) is 14.0 Å². The summed E-state index contributed by atoms with van der Waals surface area (Å²) in [7, 11) is 0. The lowest BCUT2D eigenvalue weighted by atomic mass is 9.95. The van der Waals surface area contributed by atoms with Crippen molar-refractivity contribution < 1.29 is 9.18 Å². The highest BCUT2D eigenvalue weighted by atomic mass is 32.1. The molecule has 4 rings (SSSR count). The molecule has 0 saturated carbocycles. The van der Waals surface area contributed by atoms with Crippen molar-refractivity contribution >= 4 is 18.1 Å². The maximum Gasteiger partial charge on any atom is 0.274 e. The minimum Gasteiger partial charge on any atom is -0.337 e. The van der Waals surface area contributed by atoms with Gasteiger partial charge in [0.05, 0.1) is 5.69 Å². The van der Waals surface area contributed by atoms with Crippen LogP contribution in [0.1, 0.15) is 55.0 Å². The summed E-state index contributed by atoms with van der Waals surface area (Å²) in [6.07, 6.45) is 1.52. The van der Waals surface area contributed by atoms with E-state index in [1.54, 1.807) is 4.90 Å². The van der Waals surface area contributed by atoms with Gasteiger partial charge in [-0.3, -0.25) is 14.7 Å². The van der Waals surface area contributed by atoms with Gasteiger partial charge in [0.15, 0.2) is 4.77 Å². The van der Waals surface area contributed by atoms with Gasteiger partial charge in [0, 0.05) is 31.1 Å². The first kappa shape index (κ1) is 21.1. The Hall–Kier alpha value is -3.14. The van der Waals surface area contributed by atoms with Crippen LogP contribution in [0.2, 0.25) is 0 Å². The monoisotopic (exact) mass is 442 g/mol. The minimum absolute atomic E-state index is 0.173. The summed E-state index contributed by atoms with van der Waals surface area (Å²) < 4.78 is 16.9. The Balaban J connectivity index is 1.51.